The number of fused-ring (bicyclic) bond motifs is 2. The van der Waals surface area contributed by atoms with E-state index in [9.17, 15) is 9.00 Å². The number of hydrogen-bond donors (Lipinski definition) is 3. The molecule has 0 bridgehead atoms. The first kappa shape index (κ1) is 41.2. The minimum absolute atomic E-state index is 0. The molecule has 7 nitrogen and oxygen atoms in total. The van der Waals surface area contributed by atoms with Gasteiger partial charge in [-0.1, -0.05) is 48.5 Å². The second-order valence-corrected chi connectivity index (χ2v) is 17.1. The molecule has 2 aromatic carbocycles. The van der Waals surface area contributed by atoms with Crippen molar-refractivity contribution < 1.29 is 15.2 Å². The highest BCUT2D eigenvalue weighted by atomic mass is 127. The van der Waals surface area contributed by atoms with Gasteiger partial charge in [0.15, 0.2) is 0 Å². The van der Waals surface area contributed by atoms with E-state index in [4.69, 9.17) is 10.5 Å². The molecule has 2 fully saturated rings. The summed E-state index contributed by atoms with van der Waals surface area (Å²) >= 11 is 0. The Morgan fingerprint density at radius 2 is 1.39 bits per heavy atom. The average Bonchev–Trinajstić information content (AvgIpc) is 3.39. The number of halogens is 3. The van der Waals surface area contributed by atoms with Crippen molar-refractivity contribution in [3.05, 3.63) is 70.8 Å². The zero-order valence-corrected chi connectivity index (χ0v) is 33.0. The van der Waals surface area contributed by atoms with Gasteiger partial charge in [0.2, 0.25) is 0 Å². The van der Waals surface area contributed by atoms with Crippen LogP contribution in [-0.4, -0.2) is 51.7 Å². The molecule has 262 valence electrons. The van der Waals surface area contributed by atoms with Gasteiger partial charge in [-0.05, 0) is 126 Å². The van der Waals surface area contributed by atoms with E-state index in [0.717, 1.165) is 32.4 Å². The molecule has 0 unspecified atom stereocenters. The summed E-state index contributed by atoms with van der Waals surface area (Å²) in [5, 5.41) is 3.43. The molecule has 4 aliphatic rings. The molecule has 2 saturated heterocycles. The number of likely N-dealkylation sites (tertiary alicyclic amines) is 1. The van der Waals surface area contributed by atoms with Crippen LogP contribution in [0, 0.1) is 10.8 Å². The number of benzene rings is 2. The summed E-state index contributed by atoms with van der Waals surface area (Å²) in [4.78, 5) is 14.3. The van der Waals surface area contributed by atoms with E-state index in [-0.39, 0.29) is 78.6 Å². The van der Waals surface area contributed by atoms with E-state index in [0.29, 0.717) is 18.5 Å². The van der Waals surface area contributed by atoms with Gasteiger partial charge in [-0.25, -0.2) is 13.7 Å². The number of ether oxygens (including phenoxy) is 1. The lowest BCUT2D eigenvalue weighted by molar-refractivity contribution is 0.00724. The summed E-state index contributed by atoms with van der Waals surface area (Å²) in [5.41, 5.74) is 11.7. The summed E-state index contributed by atoms with van der Waals surface area (Å²) < 4.78 is 21.6. The lowest BCUT2D eigenvalue weighted by Gasteiger charge is -2.44. The number of nitrogens with one attached hydrogen (secondary N) is 2. The third-order valence-corrected chi connectivity index (χ3v) is 11.5. The SMILES string of the molecule is CC(C)(C)OC(=O)N1CCC2(CC1)Cc1ccccc1[C@H]2N[S@](=O)C(C)(C)C.Cl.Cl.I.N[C@@H]1c2ccccc2CC12CCNCC2.[HH]. The largest absolute Gasteiger partial charge is 0.444 e. The quantitative estimate of drug-likeness (QED) is 0.271. The summed E-state index contributed by atoms with van der Waals surface area (Å²) in [6.07, 6.45) is 6.11. The molecule has 3 atom stereocenters. The molecule has 0 radical (unpaired) electrons. The first-order chi connectivity index (χ1) is 20.2. The third-order valence-electron chi connectivity index (χ3n) is 9.90. The van der Waals surface area contributed by atoms with Gasteiger partial charge in [0.1, 0.15) is 5.60 Å². The summed E-state index contributed by atoms with van der Waals surface area (Å²) in [6, 6.07) is 17.5. The second-order valence-electron chi connectivity index (χ2n) is 15.1. The Labute approximate surface area is 310 Å². The molecule has 0 saturated carbocycles. The molecule has 11 heteroatoms. The maximum absolute atomic E-state index is 12.9. The van der Waals surface area contributed by atoms with Crippen LogP contribution in [0.5, 0.6) is 0 Å². The summed E-state index contributed by atoms with van der Waals surface area (Å²) in [5.74, 6) is 0. The van der Waals surface area contributed by atoms with Crippen LogP contribution in [0.25, 0.3) is 0 Å². The topological polar surface area (TPSA) is 96.7 Å². The average molecular weight is 812 g/mol. The fourth-order valence-electron chi connectivity index (χ4n) is 7.42. The summed E-state index contributed by atoms with van der Waals surface area (Å²) in [6.45, 7) is 15.3. The molecule has 0 aromatic heterocycles. The van der Waals surface area contributed by atoms with E-state index in [1.807, 2.05) is 46.4 Å². The number of carbonyl (C=O) groups is 1. The second kappa shape index (κ2) is 16.2. The lowest BCUT2D eigenvalue weighted by Crippen LogP contribution is -2.49. The molecular weight excluding hydrogens is 754 g/mol. The third kappa shape index (κ3) is 8.98. The number of hydrogen-bond acceptors (Lipinski definition) is 5. The zero-order valence-electron chi connectivity index (χ0n) is 28.2. The molecule has 2 aliphatic heterocycles. The van der Waals surface area contributed by atoms with E-state index in [1.165, 1.54) is 41.5 Å². The van der Waals surface area contributed by atoms with Crippen molar-refractivity contribution >= 4 is 65.9 Å². The Kier molecular flexibility index (Phi) is 14.5. The van der Waals surface area contributed by atoms with E-state index in [1.54, 1.807) is 0 Å². The molecule has 2 aromatic rings. The van der Waals surface area contributed by atoms with Gasteiger partial charge in [0.25, 0.3) is 0 Å². The lowest BCUT2D eigenvalue weighted by atomic mass is 9.73. The smallest absolute Gasteiger partial charge is 0.410 e. The molecule has 2 aliphatic carbocycles. The summed E-state index contributed by atoms with van der Waals surface area (Å²) in [7, 11) is -1.15. The van der Waals surface area contributed by atoms with Crippen molar-refractivity contribution in [2.75, 3.05) is 26.2 Å². The molecule has 4 N–H and O–H groups in total. The fourth-order valence-corrected chi connectivity index (χ4v) is 8.36. The highest BCUT2D eigenvalue weighted by Crippen LogP contribution is 2.52. The molecule has 1 amide bonds. The van der Waals surface area contributed by atoms with Crippen LogP contribution in [-0.2, 0) is 28.6 Å². The highest BCUT2D eigenvalue weighted by molar-refractivity contribution is 14.0. The monoisotopic (exact) mass is 810 g/mol. The number of carbonyl (C=O) groups excluding carboxylic acids is 1. The van der Waals surface area contributed by atoms with Crippen molar-refractivity contribution in [1.29, 1.82) is 0 Å². The maximum atomic E-state index is 12.9. The minimum atomic E-state index is -1.15. The van der Waals surface area contributed by atoms with Crippen LogP contribution >= 0.6 is 48.8 Å². The first-order valence-electron chi connectivity index (χ1n) is 16.0. The van der Waals surface area contributed by atoms with E-state index < -0.39 is 16.6 Å². The normalized spacial score (nSPS) is 23.0. The number of rotatable bonds is 2. The van der Waals surface area contributed by atoms with Gasteiger partial charge in [0.05, 0.1) is 21.8 Å². The standard InChI is InChI=1S/C22H34N2O3S.C13H18N2.2ClH.HI.H2/c1-20(2,3)27-19(25)24-13-11-22(12-14-24)15-16-9-7-8-10-17(16)18(22)23-28(26)21(4,5)6;14-12-11-4-2-1-3-10(11)9-13(12)5-7-15-8-6-13;;;;/h7-10,18,23H,11-15H2,1-6H3;1-4,12,15H,5-9,14H2;4*1H/t18-,28-;12-;;;;/m11..../s1. The van der Waals surface area contributed by atoms with Gasteiger partial charge in [-0.3, -0.25) is 0 Å². The predicted octanol–water partition coefficient (Wildman–Crippen LogP) is 7.67. The molecule has 6 rings (SSSR count). The number of piperidine rings is 2. The van der Waals surface area contributed by atoms with E-state index >= 15 is 0 Å². The van der Waals surface area contributed by atoms with Crippen molar-refractivity contribution in [2.24, 2.45) is 16.6 Å². The van der Waals surface area contributed by atoms with Crippen LogP contribution in [0.2, 0.25) is 0 Å². The van der Waals surface area contributed by atoms with Gasteiger partial charge in [-0.15, -0.1) is 48.8 Å². The van der Waals surface area contributed by atoms with Crippen molar-refractivity contribution in [2.45, 2.75) is 102 Å². The van der Waals surface area contributed by atoms with Crippen molar-refractivity contribution in [1.82, 2.24) is 14.9 Å². The highest BCUT2D eigenvalue weighted by Gasteiger charge is 2.49. The maximum Gasteiger partial charge on any atom is 0.410 e. The number of amides is 1. The minimum Gasteiger partial charge on any atom is -0.444 e. The Bertz CT molecular complexity index is 1340. The molecular formula is C35H57Cl2IN4O3S. The van der Waals surface area contributed by atoms with Gasteiger partial charge in [-0.2, -0.15) is 0 Å². The van der Waals surface area contributed by atoms with Crippen LogP contribution in [0.15, 0.2) is 48.5 Å². The van der Waals surface area contributed by atoms with Gasteiger partial charge < -0.3 is 20.7 Å². The molecule has 2 spiro atoms. The Morgan fingerprint density at radius 3 is 1.91 bits per heavy atom. The zero-order chi connectivity index (χ0) is 31.0. The Balaban J connectivity index is 0.000000496. The first-order valence-corrected chi connectivity index (χ1v) is 17.2. The van der Waals surface area contributed by atoms with Gasteiger partial charge >= 0.3 is 6.09 Å². The van der Waals surface area contributed by atoms with E-state index in [2.05, 4.69) is 58.6 Å². The van der Waals surface area contributed by atoms with Crippen LogP contribution < -0.4 is 15.8 Å². The Morgan fingerprint density at radius 1 is 0.891 bits per heavy atom. The molecule has 2 heterocycles. The fraction of sp³-hybridized carbons (Fsp3) is 0.629. The van der Waals surface area contributed by atoms with Crippen molar-refractivity contribution in [3.8, 4) is 0 Å². The Hall–Kier alpha value is -0.950. The number of nitrogens with zero attached hydrogens (tertiary/aromatic N) is 1. The van der Waals surface area contributed by atoms with Crippen LogP contribution in [0.4, 0.5) is 4.79 Å². The molecule has 46 heavy (non-hydrogen) atoms. The van der Waals surface area contributed by atoms with Crippen LogP contribution in [0.3, 0.4) is 0 Å². The predicted molar refractivity (Wildman–Crippen MR) is 207 cm³/mol. The van der Waals surface area contributed by atoms with Crippen molar-refractivity contribution in [3.63, 3.8) is 0 Å². The van der Waals surface area contributed by atoms with Crippen LogP contribution in [0.1, 0.15) is 103 Å². The number of nitrogens with two attached hydrogens (primary N) is 1. The van der Waals surface area contributed by atoms with Gasteiger partial charge in [0, 0.05) is 20.6 Å².